The smallest absolute Gasteiger partial charge is 0.237 e. The fourth-order valence-electron chi connectivity index (χ4n) is 4.79. The topological polar surface area (TPSA) is 58.6 Å². The number of piperidine rings is 1. The number of nitrogens with one attached hydrogen (secondary N) is 1. The van der Waals surface area contributed by atoms with E-state index in [2.05, 4.69) is 33.9 Å². The summed E-state index contributed by atoms with van der Waals surface area (Å²) in [5.41, 5.74) is 1.27. The van der Waals surface area contributed by atoms with Crippen molar-refractivity contribution < 1.29 is 9.35 Å². The summed E-state index contributed by atoms with van der Waals surface area (Å²) < 4.78 is 16.1. The molecule has 29 heavy (non-hydrogen) atoms. The summed E-state index contributed by atoms with van der Waals surface area (Å²) in [6.45, 7) is 6.53. The third-order valence-corrected chi connectivity index (χ3v) is 7.82. The molecule has 2 fully saturated rings. The molecule has 1 N–H and O–H groups in total. The van der Waals surface area contributed by atoms with E-state index in [1.54, 1.807) is 0 Å². The molecule has 0 aliphatic carbocycles. The number of amides is 1. The van der Waals surface area contributed by atoms with Crippen molar-refractivity contribution in [3.05, 3.63) is 35.9 Å². The van der Waals surface area contributed by atoms with Crippen molar-refractivity contribution in [2.45, 2.75) is 75.7 Å². The Morgan fingerprint density at radius 3 is 2.31 bits per heavy atom. The molecule has 1 amide bonds. The predicted molar refractivity (Wildman–Crippen MR) is 120 cm³/mol. The highest BCUT2D eigenvalue weighted by atomic mass is 32.2. The van der Waals surface area contributed by atoms with Gasteiger partial charge in [-0.05, 0) is 78.5 Å². The molecule has 0 aromatic heterocycles. The minimum atomic E-state index is -1.11. The maximum absolute atomic E-state index is 12.9. The highest BCUT2D eigenvalue weighted by molar-refractivity contribution is 7.90. The molecule has 1 aromatic carbocycles. The Hall–Kier alpha value is -1.08. The van der Waals surface area contributed by atoms with Gasteiger partial charge in [0.25, 0.3) is 0 Å². The Labute approximate surface area is 179 Å². The first-order valence-electron chi connectivity index (χ1n) is 10.8. The van der Waals surface area contributed by atoms with E-state index in [-0.39, 0.29) is 16.7 Å². The van der Waals surface area contributed by atoms with Crippen molar-refractivity contribution in [3.8, 4) is 0 Å². The van der Waals surface area contributed by atoms with Crippen molar-refractivity contribution in [1.82, 2.24) is 14.5 Å². The monoisotopic (exact) mass is 419 g/mol. The molecular formula is C23H37N3O2S. The molecule has 5 atom stereocenters. The number of rotatable bonds is 7. The fraction of sp³-hybridized carbons (Fsp3) is 0.696. The Morgan fingerprint density at radius 2 is 1.79 bits per heavy atom. The van der Waals surface area contributed by atoms with Crippen LogP contribution in [0.2, 0.25) is 0 Å². The van der Waals surface area contributed by atoms with Crippen LogP contribution in [-0.2, 0) is 22.6 Å². The minimum absolute atomic E-state index is 0.159. The lowest BCUT2D eigenvalue weighted by Crippen LogP contribution is -2.55. The lowest BCUT2D eigenvalue weighted by atomic mass is 9.82. The first-order valence-corrected chi connectivity index (χ1v) is 12.0. The number of carbonyl (C=O) groups is 1. The highest BCUT2D eigenvalue weighted by Gasteiger charge is 2.46. The lowest BCUT2D eigenvalue weighted by Gasteiger charge is -2.42. The maximum Gasteiger partial charge on any atom is 0.237 e. The highest BCUT2D eigenvalue weighted by Crippen LogP contribution is 2.41. The summed E-state index contributed by atoms with van der Waals surface area (Å²) >= 11 is -1.11. The zero-order chi connectivity index (χ0) is 21.2. The third kappa shape index (κ3) is 5.75. The molecular weight excluding hydrogens is 382 g/mol. The van der Waals surface area contributed by atoms with Crippen molar-refractivity contribution in [2.24, 2.45) is 5.92 Å². The Bertz CT molecular complexity index is 662. The van der Waals surface area contributed by atoms with Crippen LogP contribution in [0, 0.1) is 5.92 Å². The molecule has 1 aromatic rings. The normalized spacial score (nSPS) is 26.6. The number of fused-ring (bicyclic) bond motifs is 2. The van der Waals surface area contributed by atoms with Crippen LogP contribution in [0.5, 0.6) is 0 Å². The first-order chi connectivity index (χ1) is 13.6. The second-order valence-electron chi connectivity index (χ2n) is 9.95. The van der Waals surface area contributed by atoms with Crippen molar-refractivity contribution in [1.29, 1.82) is 0 Å². The number of carbonyl (C=O) groups excluding carboxylic acids is 1. The van der Waals surface area contributed by atoms with Gasteiger partial charge in [-0.25, -0.2) is 0 Å². The number of benzene rings is 1. The molecule has 0 spiro atoms. The van der Waals surface area contributed by atoms with Crippen LogP contribution in [0.3, 0.4) is 0 Å². The van der Waals surface area contributed by atoms with Gasteiger partial charge >= 0.3 is 0 Å². The number of hydrogen-bond donors (Lipinski definition) is 1. The molecule has 2 saturated heterocycles. The number of likely N-dealkylation sites (N-methyl/N-ethyl adjacent to an activating group) is 1. The predicted octanol–water partition coefficient (Wildman–Crippen LogP) is 2.98. The van der Waals surface area contributed by atoms with Crippen LogP contribution in [0.15, 0.2) is 30.3 Å². The summed E-state index contributed by atoms with van der Waals surface area (Å²) in [5, 5.41) is 0. The minimum Gasteiger partial charge on any atom is -0.598 e. The summed E-state index contributed by atoms with van der Waals surface area (Å²) in [7, 11) is 3.91. The van der Waals surface area contributed by atoms with Crippen LogP contribution in [-0.4, -0.2) is 63.8 Å². The SMILES string of the molecule is CN(C)CC(=O)N1[C@@H]2CC[C@H]1CC([C@H](Cc1ccccc1)N[S+]([O-])C(C)(C)C)C2. The average molecular weight is 420 g/mol. The fourth-order valence-corrected chi connectivity index (χ4v) is 5.70. The number of hydrogen-bond acceptors (Lipinski definition) is 4. The zero-order valence-corrected chi connectivity index (χ0v) is 19.4. The van der Waals surface area contributed by atoms with E-state index in [4.69, 9.17) is 0 Å². The van der Waals surface area contributed by atoms with Gasteiger partial charge in [0.05, 0.1) is 12.6 Å². The second-order valence-corrected chi connectivity index (χ2v) is 11.9. The third-order valence-electron chi connectivity index (χ3n) is 6.19. The van der Waals surface area contributed by atoms with Gasteiger partial charge in [-0.1, -0.05) is 30.3 Å². The Morgan fingerprint density at radius 1 is 1.21 bits per heavy atom. The van der Waals surface area contributed by atoms with Crippen molar-refractivity contribution in [3.63, 3.8) is 0 Å². The van der Waals surface area contributed by atoms with E-state index in [1.807, 2.05) is 45.8 Å². The Kier molecular flexibility index (Phi) is 7.31. The molecule has 162 valence electrons. The molecule has 2 heterocycles. The molecule has 2 aliphatic rings. The molecule has 2 bridgehead atoms. The van der Waals surface area contributed by atoms with Gasteiger partial charge in [-0.2, -0.15) is 0 Å². The Balaban J connectivity index is 1.74. The molecule has 6 heteroatoms. The van der Waals surface area contributed by atoms with Crippen LogP contribution in [0.4, 0.5) is 0 Å². The largest absolute Gasteiger partial charge is 0.598 e. The van der Waals surface area contributed by atoms with E-state index < -0.39 is 11.4 Å². The van der Waals surface area contributed by atoms with E-state index in [9.17, 15) is 9.35 Å². The summed E-state index contributed by atoms with van der Waals surface area (Å²) in [6, 6.07) is 11.3. The van der Waals surface area contributed by atoms with Crippen LogP contribution in [0.25, 0.3) is 0 Å². The summed E-state index contributed by atoms with van der Waals surface area (Å²) in [5.74, 6) is 0.689. The molecule has 0 saturated carbocycles. The standard InChI is InChI=1S/C23H37N3O2S/c1-23(2,3)29(28)24-21(13-17-9-7-6-8-10-17)18-14-19-11-12-20(15-18)26(19)22(27)16-25(4)5/h6-10,18-21,24H,11-16H2,1-5H3/t18?,19-,20+,21-,29?/m0/s1. The van der Waals surface area contributed by atoms with Gasteiger partial charge in [0.2, 0.25) is 5.91 Å². The number of nitrogens with zero attached hydrogens (tertiary/aromatic N) is 2. The van der Waals surface area contributed by atoms with Crippen LogP contribution < -0.4 is 4.72 Å². The van der Waals surface area contributed by atoms with Crippen molar-refractivity contribution >= 4 is 17.3 Å². The van der Waals surface area contributed by atoms with Gasteiger partial charge in [0.1, 0.15) is 4.75 Å². The molecule has 2 aliphatic heterocycles. The molecule has 5 nitrogen and oxygen atoms in total. The van der Waals surface area contributed by atoms with E-state index in [0.29, 0.717) is 24.5 Å². The first kappa shape index (κ1) is 22.6. The maximum atomic E-state index is 12.9. The molecule has 0 radical (unpaired) electrons. The quantitative estimate of drug-likeness (QED) is 0.691. The second kappa shape index (κ2) is 9.38. The molecule has 2 unspecified atom stereocenters. The van der Waals surface area contributed by atoms with Crippen LogP contribution >= 0.6 is 0 Å². The van der Waals surface area contributed by atoms with Crippen molar-refractivity contribution in [2.75, 3.05) is 20.6 Å². The lowest BCUT2D eigenvalue weighted by molar-refractivity contribution is -0.137. The van der Waals surface area contributed by atoms with E-state index in [1.165, 1.54) is 5.56 Å². The van der Waals surface area contributed by atoms with E-state index in [0.717, 1.165) is 32.1 Å². The van der Waals surface area contributed by atoms with Gasteiger partial charge < -0.3 is 14.4 Å². The van der Waals surface area contributed by atoms with Gasteiger partial charge in [-0.3, -0.25) is 4.79 Å². The van der Waals surface area contributed by atoms with Gasteiger partial charge in [0.15, 0.2) is 0 Å². The average Bonchev–Trinajstić information content (AvgIpc) is 2.90. The molecule has 3 rings (SSSR count). The zero-order valence-electron chi connectivity index (χ0n) is 18.6. The van der Waals surface area contributed by atoms with Gasteiger partial charge in [-0.15, -0.1) is 4.72 Å². The van der Waals surface area contributed by atoms with E-state index >= 15 is 0 Å². The van der Waals surface area contributed by atoms with Crippen LogP contribution in [0.1, 0.15) is 52.0 Å². The summed E-state index contributed by atoms with van der Waals surface area (Å²) in [6.07, 6.45) is 5.07. The van der Waals surface area contributed by atoms with Gasteiger partial charge in [0, 0.05) is 23.4 Å². The summed E-state index contributed by atoms with van der Waals surface area (Å²) in [4.78, 5) is 16.9.